The van der Waals surface area contributed by atoms with Crippen molar-refractivity contribution in [2.75, 3.05) is 0 Å². The van der Waals surface area contributed by atoms with Gasteiger partial charge in [0.25, 0.3) is 0 Å². The summed E-state index contributed by atoms with van der Waals surface area (Å²) in [7, 11) is 0. The Morgan fingerprint density at radius 3 is 2.62 bits per heavy atom. The lowest BCUT2D eigenvalue weighted by molar-refractivity contribution is -0.121. The second-order valence-corrected chi connectivity index (χ2v) is 7.91. The maximum Gasteiger partial charge on any atom is 0.220 e. The van der Waals surface area contributed by atoms with E-state index in [1.807, 2.05) is 48.7 Å². The number of imidazole rings is 1. The van der Waals surface area contributed by atoms with Gasteiger partial charge < -0.3 is 9.88 Å². The molecule has 1 N–H and O–H groups in total. The summed E-state index contributed by atoms with van der Waals surface area (Å²) < 4.78 is 28.9. The molecule has 0 spiro atoms. The SMILES string of the molecule is Cc1ccc(C(C)NC(=O)CCc2nc3cccnc3n2Cc2ccc(F)c(F)c2)cc1. The number of fused-ring (bicyclic) bond motifs is 1. The minimum atomic E-state index is -0.897. The van der Waals surface area contributed by atoms with Crippen LogP contribution in [0.3, 0.4) is 0 Å². The molecule has 1 unspecified atom stereocenters. The molecule has 0 fully saturated rings. The highest BCUT2D eigenvalue weighted by Gasteiger charge is 2.16. The normalized spacial score (nSPS) is 12.1. The van der Waals surface area contributed by atoms with E-state index >= 15 is 0 Å². The molecule has 0 aliphatic heterocycles. The van der Waals surface area contributed by atoms with Crippen molar-refractivity contribution in [2.24, 2.45) is 0 Å². The van der Waals surface area contributed by atoms with E-state index < -0.39 is 11.6 Å². The zero-order chi connectivity index (χ0) is 22.7. The van der Waals surface area contributed by atoms with Crippen molar-refractivity contribution in [3.8, 4) is 0 Å². The van der Waals surface area contributed by atoms with Gasteiger partial charge in [0.05, 0.1) is 12.6 Å². The van der Waals surface area contributed by atoms with Crippen LogP contribution in [0.5, 0.6) is 0 Å². The summed E-state index contributed by atoms with van der Waals surface area (Å²) >= 11 is 0. The van der Waals surface area contributed by atoms with Gasteiger partial charge in [-0.05, 0) is 49.2 Å². The second kappa shape index (κ2) is 9.26. The third-order valence-electron chi connectivity index (χ3n) is 5.44. The molecule has 0 saturated heterocycles. The number of hydrogen-bond acceptors (Lipinski definition) is 3. The third kappa shape index (κ3) is 4.82. The molecule has 4 rings (SSSR count). The highest BCUT2D eigenvalue weighted by Crippen LogP contribution is 2.19. The average molecular weight is 434 g/mol. The molecule has 2 heterocycles. The van der Waals surface area contributed by atoms with Crippen LogP contribution in [0.2, 0.25) is 0 Å². The molecule has 2 aromatic heterocycles. The van der Waals surface area contributed by atoms with Gasteiger partial charge in [-0.2, -0.15) is 0 Å². The third-order valence-corrected chi connectivity index (χ3v) is 5.44. The van der Waals surface area contributed by atoms with Crippen molar-refractivity contribution in [1.29, 1.82) is 0 Å². The van der Waals surface area contributed by atoms with Crippen molar-refractivity contribution in [1.82, 2.24) is 19.9 Å². The quantitative estimate of drug-likeness (QED) is 0.451. The van der Waals surface area contributed by atoms with Crippen molar-refractivity contribution >= 4 is 17.1 Å². The largest absolute Gasteiger partial charge is 0.350 e. The lowest BCUT2D eigenvalue weighted by Crippen LogP contribution is -2.27. The summed E-state index contributed by atoms with van der Waals surface area (Å²) in [4.78, 5) is 21.6. The maximum atomic E-state index is 13.7. The smallest absolute Gasteiger partial charge is 0.220 e. The predicted octanol–water partition coefficient (Wildman–Crippen LogP) is 4.88. The Morgan fingerprint density at radius 2 is 1.88 bits per heavy atom. The Bertz CT molecular complexity index is 1250. The summed E-state index contributed by atoms with van der Waals surface area (Å²) in [6.45, 7) is 4.25. The first-order chi connectivity index (χ1) is 15.4. The number of nitrogens with zero attached hydrogens (tertiary/aromatic N) is 3. The number of carbonyl (C=O) groups excluding carboxylic acids is 1. The van der Waals surface area contributed by atoms with Crippen LogP contribution >= 0.6 is 0 Å². The Kier molecular flexibility index (Phi) is 6.25. The fourth-order valence-corrected chi connectivity index (χ4v) is 3.66. The van der Waals surface area contributed by atoms with Gasteiger partial charge >= 0.3 is 0 Å². The Hall–Kier alpha value is -3.61. The first-order valence-corrected chi connectivity index (χ1v) is 10.5. The first-order valence-electron chi connectivity index (χ1n) is 10.5. The standard InChI is InChI=1S/C25H24F2N4O/c1-16-5-8-19(9-6-16)17(2)29-24(32)12-11-23-30-22-4-3-13-28-25(22)31(23)15-18-7-10-20(26)21(27)14-18/h3-10,13-14,17H,11-12,15H2,1-2H3,(H,29,32). The van der Waals surface area contributed by atoms with E-state index in [2.05, 4.69) is 15.3 Å². The number of halogens is 2. The van der Waals surface area contributed by atoms with E-state index in [1.54, 1.807) is 12.3 Å². The molecule has 0 radical (unpaired) electrons. The molecule has 164 valence electrons. The Labute approximate surface area is 185 Å². The number of benzene rings is 2. The van der Waals surface area contributed by atoms with E-state index in [1.165, 1.54) is 17.7 Å². The van der Waals surface area contributed by atoms with E-state index in [0.29, 0.717) is 29.0 Å². The van der Waals surface area contributed by atoms with Gasteiger partial charge in [-0.25, -0.2) is 18.7 Å². The molecular weight excluding hydrogens is 410 g/mol. The van der Waals surface area contributed by atoms with Gasteiger partial charge in [0.2, 0.25) is 5.91 Å². The van der Waals surface area contributed by atoms with E-state index in [9.17, 15) is 13.6 Å². The molecule has 0 bridgehead atoms. The monoisotopic (exact) mass is 434 g/mol. The van der Waals surface area contributed by atoms with Crippen LogP contribution < -0.4 is 5.32 Å². The van der Waals surface area contributed by atoms with Crippen LogP contribution in [0.25, 0.3) is 11.2 Å². The van der Waals surface area contributed by atoms with Crippen molar-refractivity contribution in [2.45, 2.75) is 39.3 Å². The van der Waals surface area contributed by atoms with E-state index in [0.717, 1.165) is 11.6 Å². The lowest BCUT2D eigenvalue weighted by atomic mass is 10.1. The molecule has 1 atom stereocenters. The van der Waals surface area contributed by atoms with Gasteiger partial charge in [0, 0.05) is 19.0 Å². The number of pyridine rings is 1. The number of carbonyl (C=O) groups is 1. The highest BCUT2D eigenvalue weighted by atomic mass is 19.2. The summed E-state index contributed by atoms with van der Waals surface area (Å²) in [5.41, 5.74) is 4.13. The van der Waals surface area contributed by atoms with Crippen molar-refractivity contribution < 1.29 is 13.6 Å². The van der Waals surface area contributed by atoms with Crippen LogP contribution in [0.4, 0.5) is 8.78 Å². The molecule has 2 aromatic carbocycles. The summed E-state index contributed by atoms with van der Waals surface area (Å²) in [6.07, 6.45) is 2.30. The molecule has 7 heteroatoms. The summed E-state index contributed by atoms with van der Waals surface area (Å²) in [5.74, 6) is -1.20. The molecule has 5 nitrogen and oxygen atoms in total. The molecule has 0 aliphatic rings. The number of hydrogen-bond donors (Lipinski definition) is 1. The summed E-state index contributed by atoms with van der Waals surface area (Å²) in [6, 6.07) is 15.4. The summed E-state index contributed by atoms with van der Waals surface area (Å²) in [5, 5.41) is 3.02. The Balaban J connectivity index is 1.49. The van der Waals surface area contributed by atoms with Crippen molar-refractivity contribution in [3.05, 3.63) is 94.9 Å². The maximum absolute atomic E-state index is 13.7. The van der Waals surface area contributed by atoms with Gasteiger partial charge in [0.1, 0.15) is 11.3 Å². The van der Waals surface area contributed by atoms with Crippen LogP contribution in [0.15, 0.2) is 60.8 Å². The molecule has 0 saturated carbocycles. The van der Waals surface area contributed by atoms with Gasteiger partial charge in [-0.15, -0.1) is 0 Å². The second-order valence-electron chi connectivity index (χ2n) is 7.91. The highest BCUT2D eigenvalue weighted by molar-refractivity contribution is 5.77. The predicted molar refractivity (Wildman–Crippen MR) is 119 cm³/mol. The van der Waals surface area contributed by atoms with Crippen LogP contribution in [0, 0.1) is 18.6 Å². The zero-order valence-corrected chi connectivity index (χ0v) is 18.0. The fourth-order valence-electron chi connectivity index (χ4n) is 3.66. The van der Waals surface area contributed by atoms with Crippen LogP contribution in [-0.4, -0.2) is 20.4 Å². The van der Waals surface area contributed by atoms with Gasteiger partial charge in [0.15, 0.2) is 17.3 Å². The molecule has 32 heavy (non-hydrogen) atoms. The minimum absolute atomic E-state index is 0.0857. The van der Waals surface area contributed by atoms with E-state index in [4.69, 9.17) is 0 Å². The number of amides is 1. The lowest BCUT2D eigenvalue weighted by Gasteiger charge is -2.15. The number of rotatable bonds is 7. The van der Waals surface area contributed by atoms with E-state index in [-0.39, 0.29) is 24.9 Å². The number of nitrogens with one attached hydrogen (secondary N) is 1. The van der Waals surface area contributed by atoms with Crippen LogP contribution in [-0.2, 0) is 17.8 Å². The average Bonchev–Trinajstić information content (AvgIpc) is 3.12. The van der Waals surface area contributed by atoms with Gasteiger partial charge in [-0.3, -0.25) is 4.79 Å². The van der Waals surface area contributed by atoms with Crippen LogP contribution in [0.1, 0.15) is 41.9 Å². The number of aryl methyl sites for hydroxylation is 2. The molecular formula is C25H24F2N4O. The number of aromatic nitrogens is 3. The fraction of sp³-hybridized carbons (Fsp3) is 0.240. The zero-order valence-electron chi connectivity index (χ0n) is 18.0. The molecule has 1 amide bonds. The minimum Gasteiger partial charge on any atom is -0.350 e. The Morgan fingerprint density at radius 1 is 1.09 bits per heavy atom. The molecule has 4 aromatic rings. The topological polar surface area (TPSA) is 59.8 Å². The van der Waals surface area contributed by atoms with Gasteiger partial charge in [-0.1, -0.05) is 35.9 Å². The van der Waals surface area contributed by atoms with Crippen molar-refractivity contribution in [3.63, 3.8) is 0 Å². The molecule has 0 aliphatic carbocycles. The first kappa shape index (κ1) is 21.6.